The number of unbranched alkanes of at least 4 members (excludes halogenated alkanes) is 1. The second kappa shape index (κ2) is 17.0. The lowest BCUT2D eigenvalue weighted by Crippen LogP contribution is -2.48. The molecule has 4 aromatic carbocycles. The summed E-state index contributed by atoms with van der Waals surface area (Å²) < 4.78 is 0. The Balaban J connectivity index is 0.000000818. The first-order valence-electron chi connectivity index (χ1n) is 15.6. The standard InChI is InChI=1S/C33H33N3O3.C4H11N/c37-31(34-20-19-24-15-17-26(18-16-24)25-8-2-1-3-9-25)23-35-33(39)30-14-7-21-36(30)32(38)22-28-12-6-11-27-10-4-5-13-29(27)28;1-2-3-4-5/h1-6,8-13,15-18,30H,7,14,19-23H2,(H,34,37)(H,35,39);2-5H2,1H3. The van der Waals surface area contributed by atoms with Gasteiger partial charge in [0, 0.05) is 13.1 Å². The van der Waals surface area contributed by atoms with Gasteiger partial charge in [0.2, 0.25) is 17.7 Å². The van der Waals surface area contributed by atoms with Gasteiger partial charge in [-0.25, -0.2) is 0 Å². The number of hydrogen-bond acceptors (Lipinski definition) is 4. The van der Waals surface area contributed by atoms with Crippen molar-refractivity contribution < 1.29 is 14.4 Å². The number of nitrogens with one attached hydrogen (secondary N) is 2. The van der Waals surface area contributed by atoms with E-state index < -0.39 is 6.04 Å². The summed E-state index contributed by atoms with van der Waals surface area (Å²) >= 11 is 0. The maximum Gasteiger partial charge on any atom is 0.243 e. The Hall–Kier alpha value is -4.49. The van der Waals surface area contributed by atoms with Crippen LogP contribution in [0.1, 0.15) is 43.7 Å². The van der Waals surface area contributed by atoms with Gasteiger partial charge >= 0.3 is 0 Å². The van der Waals surface area contributed by atoms with Crippen molar-refractivity contribution in [1.29, 1.82) is 0 Å². The van der Waals surface area contributed by atoms with Crippen LogP contribution in [-0.2, 0) is 27.2 Å². The second-order valence-corrected chi connectivity index (χ2v) is 11.1. The molecule has 4 N–H and O–H groups in total. The quantitative estimate of drug-likeness (QED) is 0.221. The van der Waals surface area contributed by atoms with Gasteiger partial charge in [-0.2, -0.15) is 0 Å². The van der Waals surface area contributed by atoms with E-state index in [4.69, 9.17) is 5.73 Å². The molecule has 1 saturated heterocycles. The largest absolute Gasteiger partial charge is 0.354 e. The van der Waals surface area contributed by atoms with Crippen molar-refractivity contribution >= 4 is 28.5 Å². The van der Waals surface area contributed by atoms with Gasteiger partial charge in [0.05, 0.1) is 13.0 Å². The number of amides is 3. The van der Waals surface area contributed by atoms with Gasteiger partial charge in [-0.1, -0.05) is 110 Å². The summed E-state index contributed by atoms with van der Waals surface area (Å²) in [5, 5.41) is 7.75. The van der Waals surface area contributed by atoms with E-state index in [-0.39, 0.29) is 30.7 Å². The van der Waals surface area contributed by atoms with Crippen LogP contribution in [0.4, 0.5) is 0 Å². The zero-order chi connectivity index (χ0) is 31.1. The van der Waals surface area contributed by atoms with E-state index in [1.165, 1.54) is 18.4 Å². The van der Waals surface area contributed by atoms with E-state index in [0.717, 1.165) is 40.4 Å². The summed E-state index contributed by atoms with van der Waals surface area (Å²) in [6, 6.07) is 31.9. The molecule has 1 aliphatic heterocycles. The summed E-state index contributed by atoms with van der Waals surface area (Å²) in [5.41, 5.74) is 9.55. The number of nitrogens with zero attached hydrogens (tertiary/aromatic N) is 1. The summed E-state index contributed by atoms with van der Waals surface area (Å²) in [6.07, 6.45) is 4.71. The average Bonchev–Trinajstić information content (AvgIpc) is 3.56. The fraction of sp³-hybridized carbons (Fsp3) is 0.324. The molecule has 4 aromatic rings. The Bertz CT molecular complexity index is 1500. The Morgan fingerprint density at radius 2 is 1.55 bits per heavy atom. The van der Waals surface area contributed by atoms with Gasteiger partial charge in [0.1, 0.15) is 6.04 Å². The van der Waals surface area contributed by atoms with Crippen LogP contribution in [0.3, 0.4) is 0 Å². The zero-order valence-electron chi connectivity index (χ0n) is 25.6. The second-order valence-electron chi connectivity index (χ2n) is 11.1. The van der Waals surface area contributed by atoms with Crippen LogP contribution in [0.15, 0.2) is 97.1 Å². The first-order valence-corrected chi connectivity index (χ1v) is 15.6. The number of rotatable bonds is 11. The van der Waals surface area contributed by atoms with Crippen LogP contribution < -0.4 is 16.4 Å². The molecule has 0 aliphatic carbocycles. The first-order chi connectivity index (χ1) is 21.5. The minimum absolute atomic E-state index is 0.0632. The summed E-state index contributed by atoms with van der Waals surface area (Å²) in [5.74, 6) is -0.576. The molecule has 0 radical (unpaired) electrons. The smallest absolute Gasteiger partial charge is 0.243 e. The fourth-order valence-corrected chi connectivity index (χ4v) is 5.44. The maximum absolute atomic E-state index is 13.2. The Morgan fingerprint density at radius 3 is 2.27 bits per heavy atom. The van der Waals surface area contributed by atoms with Crippen LogP contribution in [0.2, 0.25) is 0 Å². The number of nitrogens with two attached hydrogens (primary N) is 1. The van der Waals surface area contributed by atoms with E-state index in [2.05, 4.69) is 54.0 Å². The lowest BCUT2D eigenvalue weighted by molar-refractivity contribution is -0.138. The summed E-state index contributed by atoms with van der Waals surface area (Å²) in [6.45, 7) is 3.91. The number of likely N-dealkylation sites (tertiary alicyclic amines) is 1. The fourth-order valence-electron chi connectivity index (χ4n) is 5.44. The third-order valence-electron chi connectivity index (χ3n) is 7.88. The van der Waals surface area contributed by atoms with Gasteiger partial charge in [-0.3, -0.25) is 14.4 Å². The highest BCUT2D eigenvalue weighted by Gasteiger charge is 2.34. The molecule has 5 rings (SSSR count). The van der Waals surface area contributed by atoms with Gasteiger partial charge in [-0.05, 0) is 65.3 Å². The molecular formula is C37H44N4O3. The lowest BCUT2D eigenvalue weighted by Gasteiger charge is -2.24. The molecule has 1 atom stereocenters. The first kappa shape index (κ1) is 32.4. The molecule has 7 nitrogen and oxygen atoms in total. The zero-order valence-corrected chi connectivity index (χ0v) is 25.6. The van der Waals surface area contributed by atoms with Crippen LogP contribution in [0.25, 0.3) is 21.9 Å². The summed E-state index contributed by atoms with van der Waals surface area (Å²) in [7, 11) is 0. The Kier molecular flexibility index (Phi) is 12.5. The van der Waals surface area contributed by atoms with Crippen molar-refractivity contribution in [2.75, 3.05) is 26.2 Å². The van der Waals surface area contributed by atoms with E-state index >= 15 is 0 Å². The van der Waals surface area contributed by atoms with E-state index in [9.17, 15) is 14.4 Å². The van der Waals surface area contributed by atoms with Crippen LogP contribution in [0, 0.1) is 0 Å². The molecule has 0 bridgehead atoms. The average molecular weight is 593 g/mol. The molecule has 0 aromatic heterocycles. The molecule has 1 unspecified atom stereocenters. The predicted molar refractivity (Wildman–Crippen MR) is 178 cm³/mol. The van der Waals surface area contributed by atoms with Crippen molar-refractivity contribution in [1.82, 2.24) is 15.5 Å². The number of carbonyl (C=O) groups is 3. The molecular weight excluding hydrogens is 548 g/mol. The number of fused-ring (bicyclic) bond motifs is 1. The highest BCUT2D eigenvalue weighted by atomic mass is 16.2. The predicted octanol–water partition coefficient (Wildman–Crippen LogP) is 5.26. The molecule has 1 heterocycles. The third-order valence-corrected chi connectivity index (χ3v) is 7.88. The molecule has 0 saturated carbocycles. The van der Waals surface area contributed by atoms with Crippen LogP contribution in [-0.4, -0.2) is 54.8 Å². The minimum atomic E-state index is -0.539. The normalized spacial score (nSPS) is 14.0. The minimum Gasteiger partial charge on any atom is -0.354 e. The molecule has 0 spiro atoms. The molecule has 1 aliphatic rings. The number of hydrogen-bond donors (Lipinski definition) is 3. The molecule has 1 fully saturated rings. The summed E-state index contributed by atoms with van der Waals surface area (Å²) in [4.78, 5) is 40.1. The monoisotopic (exact) mass is 592 g/mol. The van der Waals surface area contributed by atoms with Crippen molar-refractivity contribution in [3.05, 3.63) is 108 Å². The van der Waals surface area contributed by atoms with Crippen molar-refractivity contribution in [2.24, 2.45) is 5.73 Å². The topological polar surface area (TPSA) is 105 Å². The van der Waals surface area contributed by atoms with Crippen LogP contribution in [0.5, 0.6) is 0 Å². The van der Waals surface area contributed by atoms with Crippen molar-refractivity contribution in [3.63, 3.8) is 0 Å². The maximum atomic E-state index is 13.2. The molecule has 230 valence electrons. The highest BCUT2D eigenvalue weighted by molar-refractivity contribution is 5.94. The SMILES string of the molecule is CCCCN.O=C(CNC(=O)C1CCCN1C(=O)Cc1cccc2ccccc12)NCCc1ccc(-c2ccccc2)cc1. The molecule has 44 heavy (non-hydrogen) atoms. The Morgan fingerprint density at radius 1 is 0.841 bits per heavy atom. The highest BCUT2D eigenvalue weighted by Crippen LogP contribution is 2.23. The van der Waals surface area contributed by atoms with Gasteiger partial charge in [-0.15, -0.1) is 0 Å². The molecule has 7 heteroatoms. The van der Waals surface area contributed by atoms with Crippen LogP contribution >= 0.6 is 0 Å². The van der Waals surface area contributed by atoms with E-state index in [1.54, 1.807) is 4.90 Å². The number of benzene rings is 4. The number of carbonyl (C=O) groups excluding carboxylic acids is 3. The van der Waals surface area contributed by atoms with Gasteiger partial charge in [0.15, 0.2) is 0 Å². The van der Waals surface area contributed by atoms with Crippen molar-refractivity contribution in [3.8, 4) is 11.1 Å². The van der Waals surface area contributed by atoms with E-state index in [1.807, 2.05) is 60.7 Å². The van der Waals surface area contributed by atoms with E-state index in [0.29, 0.717) is 25.9 Å². The lowest BCUT2D eigenvalue weighted by atomic mass is 10.0. The van der Waals surface area contributed by atoms with Gasteiger partial charge in [0.25, 0.3) is 0 Å². The Labute approximate surface area is 260 Å². The van der Waals surface area contributed by atoms with Crippen molar-refractivity contribution in [2.45, 2.75) is 51.5 Å². The third kappa shape index (κ3) is 9.25. The van der Waals surface area contributed by atoms with Gasteiger partial charge < -0.3 is 21.3 Å². The molecule has 3 amide bonds.